The number of pyridine rings is 1. The molecule has 138 valence electrons. The predicted octanol–water partition coefficient (Wildman–Crippen LogP) is 4.73. The summed E-state index contributed by atoms with van der Waals surface area (Å²) in [4.78, 5) is 16.7. The molecule has 0 aliphatic heterocycles. The number of aromatic nitrogens is 1. The summed E-state index contributed by atoms with van der Waals surface area (Å²) >= 11 is 6.15. The Morgan fingerprint density at radius 2 is 1.93 bits per heavy atom. The highest BCUT2D eigenvalue weighted by molar-refractivity contribution is 6.31. The minimum absolute atomic E-state index is 0.168. The molecule has 0 fully saturated rings. The SMILES string of the molecule is COc1ccc(CNC(=O)c2ccnc(Nc3cccc(Cl)c3C)c2)cc1. The van der Waals surface area contributed by atoms with Crippen molar-refractivity contribution in [2.24, 2.45) is 0 Å². The molecule has 2 N–H and O–H groups in total. The zero-order valence-corrected chi connectivity index (χ0v) is 15.9. The van der Waals surface area contributed by atoms with Crippen LogP contribution in [-0.4, -0.2) is 18.0 Å². The number of amides is 1. The van der Waals surface area contributed by atoms with Crippen LogP contribution in [0.5, 0.6) is 5.75 Å². The van der Waals surface area contributed by atoms with E-state index >= 15 is 0 Å². The number of halogens is 1. The summed E-state index contributed by atoms with van der Waals surface area (Å²) in [5.41, 5.74) is 3.30. The summed E-state index contributed by atoms with van der Waals surface area (Å²) in [7, 11) is 1.62. The molecule has 0 saturated carbocycles. The average molecular weight is 382 g/mol. The number of nitrogens with zero attached hydrogens (tertiary/aromatic N) is 1. The van der Waals surface area contributed by atoms with Gasteiger partial charge in [0, 0.05) is 29.0 Å². The summed E-state index contributed by atoms with van der Waals surface area (Å²) in [6.07, 6.45) is 1.60. The van der Waals surface area contributed by atoms with Crippen LogP contribution in [0.2, 0.25) is 5.02 Å². The third-order valence-corrected chi connectivity index (χ3v) is 4.57. The second-order valence-electron chi connectivity index (χ2n) is 6.00. The Morgan fingerprint density at radius 3 is 2.67 bits per heavy atom. The molecule has 3 aromatic rings. The van der Waals surface area contributed by atoms with Gasteiger partial charge >= 0.3 is 0 Å². The van der Waals surface area contributed by atoms with Crippen LogP contribution in [0, 0.1) is 6.92 Å². The van der Waals surface area contributed by atoms with E-state index in [1.807, 2.05) is 49.4 Å². The van der Waals surface area contributed by atoms with Crippen LogP contribution < -0.4 is 15.4 Å². The second kappa shape index (κ2) is 8.56. The third kappa shape index (κ3) is 4.77. The van der Waals surface area contributed by atoms with Crippen molar-refractivity contribution in [1.29, 1.82) is 0 Å². The highest BCUT2D eigenvalue weighted by Gasteiger charge is 2.08. The van der Waals surface area contributed by atoms with E-state index in [0.717, 1.165) is 22.6 Å². The fourth-order valence-electron chi connectivity index (χ4n) is 2.55. The molecule has 0 atom stereocenters. The molecule has 0 spiro atoms. The van der Waals surface area contributed by atoms with Crippen molar-refractivity contribution in [3.63, 3.8) is 0 Å². The van der Waals surface area contributed by atoms with Gasteiger partial charge in [-0.15, -0.1) is 0 Å². The van der Waals surface area contributed by atoms with Gasteiger partial charge in [-0.05, 0) is 54.4 Å². The number of nitrogens with one attached hydrogen (secondary N) is 2. The summed E-state index contributed by atoms with van der Waals surface area (Å²) in [5.74, 6) is 1.20. The van der Waals surface area contributed by atoms with Gasteiger partial charge in [0.05, 0.1) is 7.11 Å². The molecule has 6 heteroatoms. The fraction of sp³-hybridized carbons (Fsp3) is 0.143. The molecular formula is C21H20ClN3O2. The van der Waals surface area contributed by atoms with Crippen molar-refractivity contribution in [3.05, 3.63) is 82.5 Å². The van der Waals surface area contributed by atoms with E-state index in [-0.39, 0.29) is 5.91 Å². The van der Waals surface area contributed by atoms with Crippen LogP contribution in [0.1, 0.15) is 21.5 Å². The van der Waals surface area contributed by atoms with Gasteiger partial charge in [0.1, 0.15) is 11.6 Å². The lowest BCUT2D eigenvalue weighted by Gasteiger charge is -2.11. The van der Waals surface area contributed by atoms with Gasteiger partial charge in [0.25, 0.3) is 5.91 Å². The predicted molar refractivity (Wildman–Crippen MR) is 108 cm³/mol. The third-order valence-electron chi connectivity index (χ3n) is 4.16. The topological polar surface area (TPSA) is 63.2 Å². The summed E-state index contributed by atoms with van der Waals surface area (Å²) in [6.45, 7) is 2.36. The molecule has 0 bridgehead atoms. The first kappa shape index (κ1) is 18.7. The maximum Gasteiger partial charge on any atom is 0.251 e. The number of ether oxygens (including phenoxy) is 1. The summed E-state index contributed by atoms with van der Waals surface area (Å²) in [5, 5.41) is 6.79. The van der Waals surface area contributed by atoms with Crippen LogP contribution in [0.3, 0.4) is 0 Å². The smallest absolute Gasteiger partial charge is 0.251 e. The second-order valence-corrected chi connectivity index (χ2v) is 6.41. The van der Waals surface area contributed by atoms with E-state index in [2.05, 4.69) is 15.6 Å². The van der Waals surface area contributed by atoms with Gasteiger partial charge in [-0.25, -0.2) is 4.98 Å². The van der Waals surface area contributed by atoms with Crippen molar-refractivity contribution < 1.29 is 9.53 Å². The van der Waals surface area contributed by atoms with Crippen molar-refractivity contribution in [3.8, 4) is 5.75 Å². The van der Waals surface area contributed by atoms with Crippen LogP contribution >= 0.6 is 11.6 Å². The number of hydrogen-bond donors (Lipinski definition) is 2. The van der Waals surface area contributed by atoms with E-state index in [1.165, 1.54) is 0 Å². The van der Waals surface area contributed by atoms with Gasteiger partial charge in [-0.3, -0.25) is 4.79 Å². The maximum atomic E-state index is 12.5. The molecule has 0 radical (unpaired) electrons. The number of methoxy groups -OCH3 is 1. The Balaban J connectivity index is 1.67. The van der Waals surface area contributed by atoms with Crippen LogP contribution in [0.15, 0.2) is 60.8 Å². The molecule has 1 amide bonds. The number of rotatable bonds is 6. The van der Waals surface area contributed by atoms with Crippen molar-refractivity contribution >= 4 is 29.0 Å². The Hall–Kier alpha value is -3.05. The van der Waals surface area contributed by atoms with Crippen molar-refractivity contribution in [2.45, 2.75) is 13.5 Å². The standard InChI is InChI=1S/C21H20ClN3O2/c1-14-18(22)4-3-5-19(14)25-20-12-16(10-11-23-20)21(26)24-13-15-6-8-17(27-2)9-7-15/h3-12H,13H2,1-2H3,(H,23,25)(H,24,26). The Labute approximate surface area is 163 Å². The van der Waals surface area contributed by atoms with Crippen LogP contribution in [0.4, 0.5) is 11.5 Å². The van der Waals surface area contributed by atoms with E-state index in [1.54, 1.807) is 25.4 Å². The zero-order chi connectivity index (χ0) is 19.2. The summed E-state index contributed by atoms with van der Waals surface area (Å²) < 4.78 is 5.13. The lowest BCUT2D eigenvalue weighted by Crippen LogP contribution is -2.22. The highest BCUT2D eigenvalue weighted by Crippen LogP contribution is 2.25. The van der Waals surface area contributed by atoms with Gasteiger partial charge < -0.3 is 15.4 Å². The van der Waals surface area contributed by atoms with Gasteiger partial charge in [-0.1, -0.05) is 29.8 Å². The Morgan fingerprint density at radius 1 is 1.15 bits per heavy atom. The van der Waals surface area contributed by atoms with E-state index < -0.39 is 0 Å². The Bertz CT molecular complexity index is 942. The molecule has 27 heavy (non-hydrogen) atoms. The fourth-order valence-corrected chi connectivity index (χ4v) is 2.72. The number of carbonyl (C=O) groups is 1. The van der Waals surface area contributed by atoms with Crippen molar-refractivity contribution in [2.75, 3.05) is 12.4 Å². The normalized spacial score (nSPS) is 10.3. The molecule has 3 rings (SSSR count). The minimum Gasteiger partial charge on any atom is -0.497 e. The molecule has 0 aliphatic carbocycles. The number of anilines is 2. The lowest BCUT2D eigenvalue weighted by atomic mass is 10.2. The number of benzene rings is 2. The highest BCUT2D eigenvalue weighted by atomic mass is 35.5. The van der Waals surface area contributed by atoms with Crippen LogP contribution in [0.25, 0.3) is 0 Å². The first-order valence-electron chi connectivity index (χ1n) is 8.46. The monoisotopic (exact) mass is 381 g/mol. The van der Waals surface area contributed by atoms with Gasteiger partial charge in [0.2, 0.25) is 0 Å². The van der Waals surface area contributed by atoms with Crippen LogP contribution in [-0.2, 0) is 6.54 Å². The number of hydrogen-bond acceptors (Lipinski definition) is 4. The first-order chi connectivity index (χ1) is 13.1. The molecule has 1 aromatic heterocycles. The maximum absolute atomic E-state index is 12.5. The van der Waals surface area contributed by atoms with Gasteiger partial charge in [0.15, 0.2) is 0 Å². The van der Waals surface area contributed by atoms with Crippen molar-refractivity contribution in [1.82, 2.24) is 10.3 Å². The average Bonchev–Trinajstić information content (AvgIpc) is 2.70. The quantitative estimate of drug-likeness (QED) is 0.648. The lowest BCUT2D eigenvalue weighted by molar-refractivity contribution is 0.0951. The molecule has 0 unspecified atom stereocenters. The first-order valence-corrected chi connectivity index (χ1v) is 8.84. The Kier molecular flexibility index (Phi) is 5.94. The molecular weight excluding hydrogens is 362 g/mol. The molecule has 2 aromatic carbocycles. The molecule has 5 nitrogen and oxygen atoms in total. The van der Waals surface area contributed by atoms with E-state index in [4.69, 9.17) is 16.3 Å². The zero-order valence-electron chi connectivity index (χ0n) is 15.1. The minimum atomic E-state index is -0.168. The van der Waals surface area contributed by atoms with E-state index in [0.29, 0.717) is 22.9 Å². The molecule has 1 heterocycles. The summed E-state index contributed by atoms with van der Waals surface area (Å²) in [6, 6.07) is 16.6. The van der Waals surface area contributed by atoms with E-state index in [9.17, 15) is 4.79 Å². The molecule has 0 aliphatic rings. The molecule has 0 saturated heterocycles. The number of carbonyl (C=O) groups excluding carboxylic acids is 1. The van der Waals surface area contributed by atoms with Gasteiger partial charge in [-0.2, -0.15) is 0 Å². The largest absolute Gasteiger partial charge is 0.497 e.